The van der Waals surface area contributed by atoms with Gasteiger partial charge in [0.2, 0.25) is 29.5 Å². The largest absolute Gasteiger partial charge is 0.342 e. The van der Waals surface area contributed by atoms with Crippen molar-refractivity contribution < 1.29 is 24.0 Å². The Balaban J connectivity index is 1.91. The van der Waals surface area contributed by atoms with Gasteiger partial charge in [0.05, 0.1) is 0 Å². The van der Waals surface area contributed by atoms with E-state index in [2.05, 4.69) is 21.3 Å². The maximum Gasteiger partial charge on any atom is 0.245 e. The van der Waals surface area contributed by atoms with Crippen LogP contribution < -0.4 is 21.3 Å². The van der Waals surface area contributed by atoms with E-state index in [0.29, 0.717) is 12.8 Å². The van der Waals surface area contributed by atoms with Gasteiger partial charge in [0.1, 0.15) is 30.2 Å². The number of carbonyl (C=O) groups is 5. The summed E-state index contributed by atoms with van der Waals surface area (Å²) in [4.78, 5) is 73.2. The molecule has 52 heavy (non-hydrogen) atoms. The molecule has 0 bridgehead atoms. The lowest BCUT2D eigenvalue weighted by Gasteiger charge is -2.35. The normalized spacial score (nSPS) is 22.5. The number of nitrogens with one attached hydrogen (secondary N) is 4. The molecular weight excluding hydrogens is 654 g/mol. The number of carbonyl (C=O) groups excluding carboxylic acids is 5. The average molecular weight is 710 g/mol. The number of hydrogen-bond acceptors (Lipinski definition) is 5. The minimum absolute atomic E-state index is 0.00816. The molecule has 5 atom stereocenters. The molecule has 0 spiro atoms. The molecule has 3 aromatic carbocycles. The van der Waals surface area contributed by atoms with E-state index in [1.165, 1.54) is 4.90 Å². The maximum absolute atomic E-state index is 14.8. The summed E-state index contributed by atoms with van der Waals surface area (Å²) >= 11 is 0. The maximum atomic E-state index is 14.8. The number of amides is 5. The number of nitrogens with zero attached hydrogens (tertiary/aromatic N) is 1. The Morgan fingerprint density at radius 1 is 0.538 bits per heavy atom. The number of hydrogen-bond donors (Lipinski definition) is 4. The van der Waals surface area contributed by atoms with Crippen molar-refractivity contribution in [3.05, 3.63) is 108 Å². The predicted octanol–water partition coefficient (Wildman–Crippen LogP) is 4.59. The van der Waals surface area contributed by atoms with E-state index in [1.54, 1.807) is 7.05 Å². The van der Waals surface area contributed by atoms with Crippen LogP contribution in [0.1, 0.15) is 77.0 Å². The molecule has 1 aliphatic heterocycles. The van der Waals surface area contributed by atoms with E-state index >= 15 is 0 Å². The zero-order valence-electron chi connectivity index (χ0n) is 31.5. The Morgan fingerprint density at radius 2 is 0.981 bits per heavy atom. The standard InChI is InChI=1S/C42H55N5O5/c1-26(2)23-32-39(49)46-36(35(30-19-13-9-14-20-30)31-21-15-10-16-22-31)40(50)43-33(25-29-17-11-8-12-18-29)38(48)45-34(24-27(3)4)42(52)47(7)37(28(5)6)41(51)44-32/h8-22,26-28,32-37H,23-25H2,1-7H3,(H,43,50)(H,44,51)(H,45,48)(H,46,49)/t32-,33+,34+,36+,37-/m0/s1. The van der Waals surface area contributed by atoms with Crippen LogP contribution in [-0.2, 0) is 30.4 Å². The van der Waals surface area contributed by atoms with E-state index in [0.717, 1.165) is 16.7 Å². The van der Waals surface area contributed by atoms with Crippen molar-refractivity contribution in [1.82, 2.24) is 26.2 Å². The van der Waals surface area contributed by atoms with Crippen LogP contribution in [0.15, 0.2) is 91.0 Å². The van der Waals surface area contributed by atoms with Crippen LogP contribution in [0, 0.1) is 17.8 Å². The van der Waals surface area contributed by atoms with Crippen molar-refractivity contribution in [2.45, 2.75) is 96.9 Å². The Bertz CT molecular complexity index is 1610. The lowest BCUT2D eigenvalue weighted by molar-refractivity contribution is -0.144. The first kappa shape index (κ1) is 39.8. The summed E-state index contributed by atoms with van der Waals surface area (Å²) in [6.07, 6.45) is 0.752. The van der Waals surface area contributed by atoms with Gasteiger partial charge in [-0.15, -0.1) is 0 Å². The van der Waals surface area contributed by atoms with Crippen LogP contribution in [0.3, 0.4) is 0 Å². The highest BCUT2D eigenvalue weighted by atomic mass is 16.2. The zero-order valence-corrected chi connectivity index (χ0v) is 31.5. The SMILES string of the molecule is CC(C)C[C@@H]1NC(=O)[C@H](C(C)C)N(C)C(=O)[C@@H](CC(C)C)NC(=O)[C@@H](Cc2ccccc2)NC(=O)[C@@H](C(c2ccccc2)c2ccccc2)NC1=O. The summed E-state index contributed by atoms with van der Waals surface area (Å²) in [6, 6.07) is 23.0. The fraction of sp³-hybridized carbons (Fsp3) is 0.452. The summed E-state index contributed by atoms with van der Waals surface area (Å²) in [5.74, 6) is -3.49. The molecule has 1 saturated heterocycles. The quantitative estimate of drug-likeness (QED) is 0.244. The van der Waals surface area contributed by atoms with Gasteiger partial charge in [-0.3, -0.25) is 24.0 Å². The highest BCUT2D eigenvalue weighted by Crippen LogP contribution is 2.29. The second-order valence-electron chi connectivity index (χ2n) is 15.1. The minimum atomic E-state index is -1.18. The van der Waals surface area contributed by atoms with Gasteiger partial charge in [-0.2, -0.15) is 0 Å². The van der Waals surface area contributed by atoms with E-state index in [1.807, 2.05) is 133 Å². The molecule has 278 valence electrons. The van der Waals surface area contributed by atoms with E-state index in [9.17, 15) is 24.0 Å². The molecule has 0 radical (unpaired) electrons. The third kappa shape index (κ3) is 10.5. The second kappa shape index (κ2) is 18.5. The molecule has 0 aliphatic carbocycles. The monoisotopic (exact) mass is 709 g/mol. The molecule has 1 fully saturated rings. The molecule has 0 saturated carbocycles. The van der Waals surface area contributed by atoms with Crippen molar-refractivity contribution in [3.63, 3.8) is 0 Å². The second-order valence-corrected chi connectivity index (χ2v) is 15.1. The first-order valence-electron chi connectivity index (χ1n) is 18.4. The fourth-order valence-electron chi connectivity index (χ4n) is 7.01. The van der Waals surface area contributed by atoms with Gasteiger partial charge in [-0.1, -0.05) is 133 Å². The molecule has 0 unspecified atom stereocenters. The molecule has 1 aliphatic rings. The van der Waals surface area contributed by atoms with Gasteiger partial charge in [0.25, 0.3) is 0 Å². The molecule has 4 rings (SSSR count). The Hall–Kier alpha value is -4.99. The summed E-state index contributed by atoms with van der Waals surface area (Å²) in [7, 11) is 1.56. The van der Waals surface area contributed by atoms with Gasteiger partial charge < -0.3 is 26.2 Å². The third-order valence-corrected chi connectivity index (χ3v) is 9.47. The summed E-state index contributed by atoms with van der Waals surface area (Å²) < 4.78 is 0. The lowest BCUT2D eigenvalue weighted by Crippen LogP contribution is -2.59. The number of rotatable bonds is 10. The first-order chi connectivity index (χ1) is 24.8. The Morgan fingerprint density at radius 3 is 1.48 bits per heavy atom. The molecule has 3 aromatic rings. The highest BCUT2D eigenvalue weighted by Gasteiger charge is 2.40. The molecule has 10 heteroatoms. The van der Waals surface area contributed by atoms with Crippen LogP contribution in [0.2, 0.25) is 0 Å². The average Bonchev–Trinajstić information content (AvgIpc) is 3.10. The smallest absolute Gasteiger partial charge is 0.245 e. The van der Waals surface area contributed by atoms with Crippen molar-refractivity contribution in [3.8, 4) is 0 Å². The Kier molecular flexibility index (Phi) is 14.1. The molecule has 10 nitrogen and oxygen atoms in total. The van der Waals surface area contributed by atoms with Crippen LogP contribution >= 0.6 is 0 Å². The number of benzene rings is 3. The van der Waals surface area contributed by atoms with Gasteiger partial charge in [0, 0.05) is 19.4 Å². The fourth-order valence-corrected chi connectivity index (χ4v) is 7.01. The van der Waals surface area contributed by atoms with Gasteiger partial charge in [0.15, 0.2) is 0 Å². The van der Waals surface area contributed by atoms with Crippen molar-refractivity contribution in [1.29, 1.82) is 0 Å². The van der Waals surface area contributed by atoms with Crippen LogP contribution in [0.25, 0.3) is 0 Å². The predicted molar refractivity (Wildman–Crippen MR) is 203 cm³/mol. The van der Waals surface area contributed by atoms with Gasteiger partial charge >= 0.3 is 0 Å². The van der Waals surface area contributed by atoms with E-state index < -0.39 is 65.7 Å². The van der Waals surface area contributed by atoms with Crippen LogP contribution in [0.4, 0.5) is 0 Å². The van der Waals surface area contributed by atoms with Gasteiger partial charge in [-0.05, 0) is 47.3 Å². The summed E-state index contributed by atoms with van der Waals surface area (Å²) in [6.45, 7) is 11.5. The lowest BCUT2D eigenvalue weighted by atomic mass is 9.84. The Labute approximate surface area is 308 Å². The van der Waals surface area contributed by atoms with Crippen LogP contribution in [0.5, 0.6) is 0 Å². The van der Waals surface area contributed by atoms with Crippen LogP contribution in [-0.4, -0.2) is 71.7 Å². The topological polar surface area (TPSA) is 137 Å². The summed E-state index contributed by atoms with van der Waals surface area (Å²) in [5.41, 5.74) is 2.37. The van der Waals surface area contributed by atoms with E-state index in [-0.39, 0.29) is 24.2 Å². The van der Waals surface area contributed by atoms with Crippen molar-refractivity contribution in [2.24, 2.45) is 17.8 Å². The molecule has 4 N–H and O–H groups in total. The van der Waals surface area contributed by atoms with Crippen molar-refractivity contribution in [2.75, 3.05) is 7.05 Å². The molecular formula is C42H55N5O5. The molecule has 1 heterocycles. The zero-order chi connectivity index (χ0) is 37.9. The van der Waals surface area contributed by atoms with E-state index in [4.69, 9.17) is 0 Å². The highest BCUT2D eigenvalue weighted by molar-refractivity contribution is 5.98. The summed E-state index contributed by atoms with van der Waals surface area (Å²) in [5, 5.41) is 11.9. The third-order valence-electron chi connectivity index (χ3n) is 9.47. The van der Waals surface area contributed by atoms with Crippen molar-refractivity contribution >= 4 is 29.5 Å². The minimum Gasteiger partial charge on any atom is -0.342 e. The number of likely N-dealkylation sites (N-methyl/N-ethyl adjacent to an activating group) is 1. The van der Waals surface area contributed by atoms with Gasteiger partial charge in [-0.25, -0.2) is 0 Å². The molecule has 5 amide bonds. The first-order valence-corrected chi connectivity index (χ1v) is 18.4. The molecule has 0 aromatic heterocycles.